The van der Waals surface area contributed by atoms with E-state index < -0.39 is 0 Å². The van der Waals surface area contributed by atoms with Crippen LogP contribution < -0.4 is 15.4 Å². The Morgan fingerprint density at radius 3 is 2.63 bits per heavy atom. The fourth-order valence-corrected chi connectivity index (χ4v) is 2.63. The van der Waals surface area contributed by atoms with E-state index in [4.69, 9.17) is 10.00 Å². The summed E-state index contributed by atoms with van der Waals surface area (Å²) in [5.41, 5.74) is 3.55. The van der Waals surface area contributed by atoms with E-state index in [9.17, 15) is 0 Å². The minimum Gasteiger partial charge on any atom is -0.497 e. The van der Waals surface area contributed by atoms with Crippen molar-refractivity contribution in [2.75, 3.05) is 24.3 Å². The summed E-state index contributed by atoms with van der Waals surface area (Å²) in [5, 5.41) is 15.4. The zero-order chi connectivity index (χ0) is 19.1. The van der Waals surface area contributed by atoms with Crippen molar-refractivity contribution in [3.05, 3.63) is 71.4 Å². The first-order valence-electron chi connectivity index (χ1n) is 8.66. The molecular weight excluding hydrogens is 338 g/mol. The first-order chi connectivity index (χ1) is 13.2. The van der Waals surface area contributed by atoms with Crippen molar-refractivity contribution in [3.63, 3.8) is 0 Å². The van der Waals surface area contributed by atoms with Crippen LogP contribution in [0.2, 0.25) is 0 Å². The number of aryl methyl sites for hydroxylation is 1. The van der Waals surface area contributed by atoms with Crippen molar-refractivity contribution in [1.82, 2.24) is 9.97 Å². The third kappa shape index (κ3) is 5.19. The van der Waals surface area contributed by atoms with Crippen LogP contribution in [0.1, 0.15) is 16.8 Å². The number of hydrogen-bond donors (Lipinski definition) is 2. The molecule has 1 aromatic heterocycles. The van der Waals surface area contributed by atoms with Gasteiger partial charge in [-0.05, 0) is 55.3 Å². The molecule has 27 heavy (non-hydrogen) atoms. The second-order valence-corrected chi connectivity index (χ2v) is 6.06. The molecule has 0 aliphatic heterocycles. The first-order valence-corrected chi connectivity index (χ1v) is 8.66. The lowest BCUT2D eigenvalue weighted by atomic mass is 10.1. The second-order valence-electron chi connectivity index (χ2n) is 6.06. The van der Waals surface area contributed by atoms with Gasteiger partial charge in [-0.2, -0.15) is 10.2 Å². The van der Waals surface area contributed by atoms with Crippen LogP contribution in [-0.4, -0.2) is 23.6 Å². The molecule has 1 heterocycles. The Morgan fingerprint density at radius 1 is 1.07 bits per heavy atom. The van der Waals surface area contributed by atoms with E-state index >= 15 is 0 Å². The highest BCUT2D eigenvalue weighted by Crippen LogP contribution is 2.18. The molecule has 0 saturated carbocycles. The fraction of sp³-hybridized carbons (Fsp3) is 0.190. The quantitative estimate of drug-likeness (QED) is 0.662. The van der Waals surface area contributed by atoms with Gasteiger partial charge in [0.05, 0.1) is 18.7 Å². The Labute approximate surface area is 158 Å². The molecule has 6 heteroatoms. The van der Waals surface area contributed by atoms with Crippen molar-refractivity contribution in [3.8, 4) is 11.8 Å². The summed E-state index contributed by atoms with van der Waals surface area (Å²) in [6.07, 6.45) is 0.840. The molecule has 2 N–H and O–H groups in total. The van der Waals surface area contributed by atoms with Gasteiger partial charge in [0.15, 0.2) is 0 Å². The molecular formula is C21H21N5O. The van der Waals surface area contributed by atoms with Gasteiger partial charge in [0.1, 0.15) is 11.6 Å². The first kappa shape index (κ1) is 18.2. The van der Waals surface area contributed by atoms with Crippen LogP contribution in [-0.2, 0) is 6.42 Å². The molecule has 0 spiro atoms. The molecule has 0 fully saturated rings. The van der Waals surface area contributed by atoms with Crippen LogP contribution in [0, 0.1) is 18.3 Å². The third-order valence-electron chi connectivity index (χ3n) is 3.97. The zero-order valence-electron chi connectivity index (χ0n) is 15.4. The number of anilines is 3. The molecule has 3 aromatic rings. The Kier molecular flexibility index (Phi) is 5.85. The summed E-state index contributed by atoms with van der Waals surface area (Å²) in [6, 6.07) is 19.2. The predicted octanol–water partition coefficient (Wildman–Crippen LogP) is 4.06. The number of hydrogen-bond acceptors (Lipinski definition) is 6. The number of methoxy groups -OCH3 is 1. The lowest BCUT2D eigenvalue weighted by molar-refractivity contribution is 0.414. The summed E-state index contributed by atoms with van der Waals surface area (Å²) in [4.78, 5) is 8.95. The molecule has 0 atom stereocenters. The summed E-state index contributed by atoms with van der Waals surface area (Å²) in [5.74, 6) is 2.14. The van der Waals surface area contributed by atoms with E-state index in [-0.39, 0.29) is 0 Å². The van der Waals surface area contributed by atoms with Crippen molar-refractivity contribution in [2.45, 2.75) is 13.3 Å². The summed E-state index contributed by atoms with van der Waals surface area (Å²) in [7, 11) is 1.67. The normalized spacial score (nSPS) is 10.1. The van der Waals surface area contributed by atoms with Crippen LogP contribution in [0.4, 0.5) is 17.5 Å². The average Bonchev–Trinajstić information content (AvgIpc) is 2.68. The van der Waals surface area contributed by atoms with Crippen LogP contribution >= 0.6 is 0 Å². The van der Waals surface area contributed by atoms with Crippen LogP contribution in [0.25, 0.3) is 0 Å². The minimum absolute atomic E-state index is 0.578. The van der Waals surface area contributed by atoms with Gasteiger partial charge in [0, 0.05) is 24.0 Å². The molecule has 3 rings (SSSR count). The number of nitriles is 1. The van der Waals surface area contributed by atoms with Crippen molar-refractivity contribution in [1.29, 1.82) is 5.26 Å². The monoisotopic (exact) mass is 359 g/mol. The van der Waals surface area contributed by atoms with Gasteiger partial charge in [-0.15, -0.1) is 0 Å². The Morgan fingerprint density at radius 2 is 1.89 bits per heavy atom. The van der Waals surface area contributed by atoms with Gasteiger partial charge in [-0.1, -0.05) is 12.1 Å². The van der Waals surface area contributed by atoms with E-state index in [1.54, 1.807) is 19.2 Å². The van der Waals surface area contributed by atoms with Crippen molar-refractivity contribution >= 4 is 17.5 Å². The number of ether oxygens (including phenoxy) is 1. The van der Waals surface area contributed by atoms with Gasteiger partial charge in [0.2, 0.25) is 5.95 Å². The highest BCUT2D eigenvalue weighted by atomic mass is 16.5. The zero-order valence-corrected chi connectivity index (χ0v) is 15.4. The highest BCUT2D eigenvalue weighted by molar-refractivity contribution is 5.58. The lowest BCUT2D eigenvalue weighted by Gasteiger charge is -2.10. The van der Waals surface area contributed by atoms with Gasteiger partial charge >= 0.3 is 0 Å². The molecule has 0 aliphatic rings. The van der Waals surface area contributed by atoms with E-state index in [1.165, 1.54) is 5.56 Å². The topological polar surface area (TPSA) is 82.9 Å². The summed E-state index contributed by atoms with van der Waals surface area (Å²) in [6.45, 7) is 2.64. The lowest BCUT2D eigenvalue weighted by Crippen LogP contribution is -2.09. The van der Waals surface area contributed by atoms with Crippen molar-refractivity contribution in [2.24, 2.45) is 0 Å². The molecule has 0 unspecified atom stereocenters. The highest BCUT2D eigenvalue weighted by Gasteiger charge is 2.04. The predicted molar refractivity (Wildman–Crippen MR) is 106 cm³/mol. The smallest absolute Gasteiger partial charge is 0.224 e. The van der Waals surface area contributed by atoms with Gasteiger partial charge in [0.25, 0.3) is 0 Å². The number of nitrogens with zero attached hydrogens (tertiary/aromatic N) is 3. The van der Waals surface area contributed by atoms with E-state index in [0.717, 1.165) is 23.6 Å². The molecule has 6 nitrogen and oxygen atoms in total. The van der Waals surface area contributed by atoms with E-state index in [1.807, 2.05) is 43.3 Å². The van der Waals surface area contributed by atoms with Crippen LogP contribution in [0.3, 0.4) is 0 Å². The Hall–Kier alpha value is -3.59. The summed E-state index contributed by atoms with van der Waals surface area (Å²) < 4.78 is 5.25. The molecule has 2 aromatic carbocycles. The largest absolute Gasteiger partial charge is 0.497 e. The number of aromatic nitrogens is 2. The molecule has 0 bridgehead atoms. The Bertz CT molecular complexity index is 948. The molecule has 0 amide bonds. The number of benzene rings is 2. The van der Waals surface area contributed by atoms with Gasteiger partial charge in [-0.3, -0.25) is 0 Å². The molecule has 136 valence electrons. The van der Waals surface area contributed by atoms with Crippen LogP contribution in [0.5, 0.6) is 5.75 Å². The standard InChI is InChI=1S/C21H21N5O/c1-15-12-20(25-18-8-6-17(14-22)7-9-18)26-21(24-15)23-11-10-16-4-3-5-19(13-16)27-2/h3-9,12-13H,10-11H2,1-2H3,(H2,23,24,25,26). The fourth-order valence-electron chi connectivity index (χ4n) is 2.63. The maximum Gasteiger partial charge on any atom is 0.224 e. The maximum absolute atomic E-state index is 8.88. The van der Waals surface area contributed by atoms with Crippen LogP contribution in [0.15, 0.2) is 54.6 Å². The van der Waals surface area contributed by atoms with Gasteiger partial charge < -0.3 is 15.4 Å². The van der Waals surface area contributed by atoms with Gasteiger partial charge in [-0.25, -0.2) is 4.98 Å². The number of nitrogens with one attached hydrogen (secondary N) is 2. The average molecular weight is 359 g/mol. The second kappa shape index (κ2) is 8.68. The van der Waals surface area contributed by atoms with E-state index in [2.05, 4.69) is 32.7 Å². The SMILES string of the molecule is COc1cccc(CCNc2nc(C)cc(Nc3ccc(C#N)cc3)n2)c1. The Balaban J connectivity index is 1.63. The molecule has 0 radical (unpaired) electrons. The number of rotatable bonds is 7. The minimum atomic E-state index is 0.578. The van der Waals surface area contributed by atoms with E-state index in [0.29, 0.717) is 23.9 Å². The third-order valence-corrected chi connectivity index (χ3v) is 3.97. The van der Waals surface area contributed by atoms with Crippen molar-refractivity contribution < 1.29 is 4.74 Å². The summed E-state index contributed by atoms with van der Waals surface area (Å²) >= 11 is 0. The molecule has 0 aliphatic carbocycles. The maximum atomic E-state index is 8.88. The molecule has 0 saturated heterocycles.